The highest BCUT2D eigenvalue weighted by atomic mass is 35.5. The molecular formula is C17H13Cl2N3O2S. The van der Waals surface area contributed by atoms with Crippen LogP contribution in [-0.4, -0.2) is 13.4 Å². The van der Waals surface area contributed by atoms with Crippen LogP contribution in [0.25, 0.3) is 0 Å². The molecular weight excluding hydrogens is 381 g/mol. The van der Waals surface area contributed by atoms with Crippen molar-refractivity contribution in [1.29, 1.82) is 0 Å². The number of pyridine rings is 1. The lowest BCUT2D eigenvalue weighted by Crippen LogP contribution is -2.13. The second-order valence-electron chi connectivity index (χ2n) is 5.12. The average Bonchev–Trinajstić information content (AvgIpc) is 2.59. The van der Waals surface area contributed by atoms with Crippen molar-refractivity contribution in [3.05, 3.63) is 76.9 Å². The highest BCUT2D eigenvalue weighted by Crippen LogP contribution is 2.21. The molecule has 1 aromatic heterocycles. The Hall–Kier alpha value is -2.28. The summed E-state index contributed by atoms with van der Waals surface area (Å²) in [5, 5.41) is 4.21. The van der Waals surface area contributed by atoms with Gasteiger partial charge >= 0.3 is 0 Å². The maximum absolute atomic E-state index is 12.3. The van der Waals surface area contributed by atoms with Crippen LogP contribution in [0.5, 0.6) is 0 Å². The van der Waals surface area contributed by atoms with E-state index in [1.807, 2.05) is 12.1 Å². The fraction of sp³-hybridized carbons (Fsp3) is 0. The van der Waals surface area contributed by atoms with Crippen LogP contribution >= 0.6 is 23.2 Å². The van der Waals surface area contributed by atoms with Crippen molar-refractivity contribution in [2.45, 2.75) is 4.90 Å². The number of aromatic nitrogens is 1. The second-order valence-corrected chi connectivity index (χ2v) is 7.68. The van der Waals surface area contributed by atoms with Gasteiger partial charge in [0, 0.05) is 15.7 Å². The summed E-state index contributed by atoms with van der Waals surface area (Å²) in [6.07, 6.45) is 1.44. The van der Waals surface area contributed by atoms with Crippen molar-refractivity contribution in [3.8, 4) is 0 Å². The Bertz CT molecular complexity index is 958. The predicted octanol–water partition coefficient (Wildman–Crippen LogP) is 4.93. The smallest absolute Gasteiger partial charge is 0.261 e. The first-order valence-electron chi connectivity index (χ1n) is 7.19. The zero-order valence-electron chi connectivity index (χ0n) is 12.8. The van der Waals surface area contributed by atoms with E-state index in [9.17, 15) is 8.42 Å². The number of hydrogen-bond acceptors (Lipinski definition) is 4. The number of nitrogens with zero attached hydrogens (tertiary/aromatic N) is 1. The van der Waals surface area contributed by atoms with Crippen molar-refractivity contribution in [2.24, 2.45) is 0 Å². The van der Waals surface area contributed by atoms with Gasteiger partial charge in [-0.1, -0.05) is 23.2 Å². The van der Waals surface area contributed by atoms with E-state index in [1.165, 1.54) is 30.5 Å². The van der Waals surface area contributed by atoms with Crippen LogP contribution in [-0.2, 0) is 10.0 Å². The molecule has 1 heterocycles. The van der Waals surface area contributed by atoms with Gasteiger partial charge in [-0.25, -0.2) is 13.4 Å². The SMILES string of the molecule is O=S(=O)(Nc1ccc(Nc2ccc(Cl)cc2)nc1)c1ccc(Cl)cc1. The third-order valence-corrected chi connectivity index (χ3v) is 5.16. The zero-order valence-corrected chi connectivity index (χ0v) is 15.1. The minimum Gasteiger partial charge on any atom is -0.340 e. The third kappa shape index (κ3) is 4.63. The molecule has 3 rings (SSSR count). The first kappa shape index (κ1) is 17.5. The molecule has 0 aliphatic rings. The van der Waals surface area contributed by atoms with E-state index >= 15 is 0 Å². The number of sulfonamides is 1. The molecule has 2 N–H and O–H groups in total. The van der Waals surface area contributed by atoms with Crippen LogP contribution in [0.1, 0.15) is 0 Å². The monoisotopic (exact) mass is 393 g/mol. The molecule has 0 aliphatic heterocycles. The predicted molar refractivity (Wildman–Crippen MR) is 101 cm³/mol. The van der Waals surface area contributed by atoms with Gasteiger partial charge in [-0.15, -0.1) is 0 Å². The van der Waals surface area contributed by atoms with E-state index in [2.05, 4.69) is 15.0 Å². The molecule has 3 aromatic rings. The van der Waals surface area contributed by atoms with E-state index < -0.39 is 10.0 Å². The Labute approximate surface area is 155 Å². The van der Waals surface area contributed by atoms with Gasteiger partial charge in [-0.2, -0.15) is 0 Å². The number of nitrogens with one attached hydrogen (secondary N) is 2. The van der Waals surface area contributed by atoms with Gasteiger partial charge in [0.25, 0.3) is 10.0 Å². The molecule has 0 radical (unpaired) electrons. The maximum Gasteiger partial charge on any atom is 0.261 e. The summed E-state index contributed by atoms with van der Waals surface area (Å²) in [6.45, 7) is 0. The molecule has 0 saturated carbocycles. The highest BCUT2D eigenvalue weighted by Gasteiger charge is 2.14. The van der Waals surface area contributed by atoms with Crippen LogP contribution in [0.2, 0.25) is 10.0 Å². The number of hydrogen-bond donors (Lipinski definition) is 2. The van der Waals surface area contributed by atoms with Crippen molar-refractivity contribution < 1.29 is 8.42 Å². The topological polar surface area (TPSA) is 71.1 Å². The number of halogens is 2. The van der Waals surface area contributed by atoms with Crippen molar-refractivity contribution in [3.63, 3.8) is 0 Å². The van der Waals surface area contributed by atoms with Gasteiger partial charge in [0.1, 0.15) is 5.82 Å². The van der Waals surface area contributed by atoms with Crippen LogP contribution < -0.4 is 10.0 Å². The Kier molecular flexibility index (Phi) is 5.13. The Morgan fingerprint density at radius 2 is 1.32 bits per heavy atom. The number of anilines is 3. The minimum absolute atomic E-state index is 0.125. The lowest BCUT2D eigenvalue weighted by molar-refractivity contribution is 0.601. The largest absolute Gasteiger partial charge is 0.340 e. The van der Waals surface area contributed by atoms with Gasteiger partial charge in [0.05, 0.1) is 16.8 Å². The molecule has 5 nitrogen and oxygen atoms in total. The van der Waals surface area contributed by atoms with E-state index in [-0.39, 0.29) is 4.90 Å². The molecule has 128 valence electrons. The summed E-state index contributed by atoms with van der Waals surface area (Å²) in [5.74, 6) is 0.580. The first-order valence-corrected chi connectivity index (χ1v) is 9.43. The quantitative estimate of drug-likeness (QED) is 0.644. The summed E-state index contributed by atoms with van der Waals surface area (Å²) in [6, 6.07) is 16.4. The second kappa shape index (κ2) is 7.31. The lowest BCUT2D eigenvalue weighted by Gasteiger charge is -2.09. The molecule has 0 fully saturated rings. The van der Waals surface area contributed by atoms with Crippen LogP contribution in [0.3, 0.4) is 0 Å². The highest BCUT2D eigenvalue weighted by molar-refractivity contribution is 7.92. The van der Waals surface area contributed by atoms with Crippen LogP contribution in [0, 0.1) is 0 Å². The zero-order chi connectivity index (χ0) is 17.9. The molecule has 8 heteroatoms. The summed E-state index contributed by atoms with van der Waals surface area (Å²) in [5.41, 5.74) is 1.18. The van der Waals surface area contributed by atoms with Crippen molar-refractivity contribution in [2.75, 3.05) is 10.0 Å². The summed E-state index contributed by atoms with van der Waals surface area (Å²) >= 11 is 11.6. The molecule has 2 aromatic carbocycles. The molecule has 0 aliphatic carbocycles. The number of rotatable bonds is 5. The first-order chi connectivity index (χ1) is 11.9. The van der Waals surface area contributed by atoms with Gasteiger partial charge in [0.2, 0.25) is 0 Å². The molecule has 0 spiro atoms. The van der Waals surface area contributed by atoms with Gasteiger partial charge in [-0.05, 0) is 60.7 Å². The van der Waals surface area contributed by atoms with Gasteiger partial charge in [0.15, 0.2) is 0 Å². The van der Waals surface area contributed by atoms with Crippen molar-refractivity contribution in [1.82, 2.24) is 4.98 Å². The summed E-state index contributed by atoms with van der Waals surface area (Å²) in [7, 11) is -3.69. The normalized spacial score (nSPS) is 11.1. The third-order valence-electron chi connectivity index (χ3n) is 3.26. The van der Waals surface area contributed by atoms with Crippen LogP contribution in [0.15, 0.2) is 71.8 Å². The summed E-state index contributed by atoms with van der Waals surface area (Å²) < 4.78 is 27.1. The standard InChI is InChI=1S/C17H13Cl2N3O2S/c18-12-1-5-14(6-2-12)21-17-10-7-15(11-20-17)22-25(23,24)16-8-3-13(19)4-9-16/h1-11,22H,(H,20,21). The molecule has 0 atom stereocenters. The van der Waals surface area contributed by atoms with E-state index in [0.29, 0.717) is 21.6 Å². The molecule has 0 unspecified atom stereocenters. The van der Waals surface area contributed by atoms with E-state index in [4.69, 9.17) is 23.2 Å². The van der Waals surface area contributed by atoms with E-state index in [0.717, 1.165) is 5.69 Å². The molecule has 0 amide bonds. The number of benzene rings is 2. The Morgan fingerprint density at radius 1 is 0.760 bits per heavy atom. The average molecular weight is 394 g/mol. The van der Waals surface area contributed by atoms with Crippen LogP contribution in [0.4, 0.5) is 17.2 Å². The maximum atomic E-state index is 12.3. The Morgan fingerprint density at radius 3 is 1.88 bits per heavy atom. The fourth-order valence-electron chi connectivity index (χ4n) is 2.04. The summed E-state index contributed by atoms with van der Waals surface area (Å²) in [4.78, 5) is 4.32. The minimum atomic E-state index is -3.69. The molecule has 25 heavy (non-hydrogen) atoms. The van der Waals surface area contributed by atoms with Gasteiger partial charge < -0.3 is 5.32 Å². The molecule has 0 saturated heterocycles. The fourth-order valence-corrected chi connectivity index (χ4v) is 3.33. The van der Waals surface area contributed by atoms with Crippen molar-refractivity contribution >= 4 is 50.4 Å². The lowest BCUT2D eigenvalue weighted by atomic mass is 10.3. The Balaban J connectivity index is 1.71. The van der Waals surface area contributed by atoms with E-state index in [1.54, 1.807) is 24.3 Å². The molecule has 0 bridgehead atoms. The van der Waals surface area contributed by atoms with Gasteiger partial charge in [-0.3, -0.25) is 4.72 Å².